The molecule has 0 amide bonds. The molecule has 0 aliphatic heterocycles. The molecule has 0 bridgehead atoms. The number of ether oxygens (including phenoxy) is 1. The quantitative estimate of drug-likeness (QED) is 0.726. The Bertz CT molecular complexity index is 1020. The Morgan fingerprint density at radius 1 is 1.42 bits per heavy atom. The van der Waals surface area contributed by atoms with E-state index in [1.165, 1.54) is 0 Å². The Morgan fingerprint density at radius 3 is 2.92 bits per heavy atom. The minimum absolute atomic E-state index is 0.161. The Labute approximate surface area is 150 Å². The topological polar surface area (TPSA) is 112 Å². The molecule has 8 nitrogen and oxygen atoms in total. The number of aromatic amines is 1. The Hall–Kier alpha value is -2.90. The number of rotatable bonds is 5. The van der Waals surface area contributed by atoms with Gasteiger partial charge in [0.1, 0.15) is 17.4 Å². The molecule has 0 atom stereocenters. The second-order valence-corrected chi connectivity index (χ2v) is 6.72. The summed E-state index contributed by atoms with van der Waals surface area (Å²) in [6.45, 7) is 2.07. The SMILES string of the molecule is CCCc1nn(C)c2c(=O)[nH]c(-c3cc(N)cnc3OC3CCC3)nc12. The number of H-pyrrole nitrogens is 1. The molecule has 0 unspecified atom stereocenters. The van der Waals surface area contributed by atoms with Crippen molar-refractivity contribution < 1.29 is 4.74 Å². The van der Waals surface area contributed by atoms with Crippen LogP contribution in [0, 0.1) is 0 Å². The summed E-state index contributed by atoms with van der Waals surface area (Å²) in [5.41, 5.74) is 8.67. The molecule has 136 valence electrons. The van der Waals surface area contributed by atoms with Crippen molar-refractivity contribution in [3.8, 4) is 17.3 Å². The molecule has 1 aliphatic rings. The monoisotopic (exact) mass is 354 g/mol. The summed E-state index contributed by atoms with van der Waals surface area (Å²) in [7, 11) is 1.76. The maximum Gasteiger partial charge on any atom is 0.277 e. The molecule has 3 heterocycles. The zero-order valence-electron chi connectivity index (χ0n) is 15.0. The Morgan fingerprint density at radius 2 is 2.23 bits per heavy atom. The predicted octanol–water partition coefficient (Wildman–Crippen LogP) is 2.18. The lowest BCUT2D eigenvalue weighted by Gasteiger charge is -2.26. The average Bonchev–Trinajstić information content (AvgIpc) is 2.88. The van der Waals surface area contributed by atoms with Crippen LogP contribution >= 0.6 is 0 Å². The van der Waals surface area contributed by atoms with E-state index in [4.69, 9.17) is 10.5 Å². The Kier molecular flexibility index (Phi) is 4.10. The van der Waals surface area contributed by atoms with E-state index in [-0.39, 0.29) is 11.7 Å². The van der Waals surface area contributed by atoms with Gasteiger partial charge in [-0.2, -0.15) is 5.10 Å². The van der Waals surface area contributed by atoms with Crippen LogP contribution in [-0.2, 0) is 13.5 Å². The molecule has 1 saturated carbocycles. The van der Waals surface area contributed by atoms with Gasteiger partial charge < -0.3 is 15.5 Å². The first-order valence-electron chi connectivity index (χ1n) is 8.95. The number of hydrogen-bond donors (Lipinski definition) is 2. The van der Waals surface area contributed by atoms with Crippen LogP contribution in [0.3, 0.4) is 0 Å². The van der Waals surface area contributed by atoms with E-state index in [1.807, 2.05) is 0 Å². The van der Waals surface area contributed by atoms with Gasteiger partial charge in [0.05, 0.1) is 23.1 Å². The molecule has 8 heteroatoms. The fraction of sp³-hybridized carbons (Fsp3) is 0.444. The van der Waals surface area contributed by atoms with Crippen LogP contribution in [0.2, 0.25) is 0 Å². The summed E-state index contributed by atoms with van der Waals surface area (Å²) in [6, 6.07) is 1.74. The van der Waals surface area contributed by atoms with Crippen molar-refractivity contribution in [3.05, 3.63) is 28.3 Å². The predicted molar refractivity (Wildman–Crippen MR) is 99.0 cm³/mol. The first-order chi connectivity index (χ1) is 12.6. The van der Waals surface area contributed by atoms with Gasteiger partial charge >= 0.3 is 0 Å². The summed E-state index contributed by atoms with van der Waals surface area (Å²) in [5.74, 6) is 0.856. The maximum atomic E-state index is 12.6. The number of nitrogens with two attached hydrogens (primary N) is 1. The molecule has 0 spiro atoms. The first kappa shape index (κ1) is 16.6. The molecular weight excluding hydrogens is 332 g/mol. The molecule has 1 aliphatic carbocycles. The van der Waals surface area contributed by atoms with Crippen LogP contribution in [-0.4, -0.2) is 30.8 Å². The molecule has 1 fully saturated rings. The number of pyridine rings is 1. The number of aryl methyl sites for hydroxylation is 2. The molecule has 0 saturated heterocycles. The van der Waals surface area contributed by atoms with Crippen LogP contribution in [0.25, 0.3) is 22.4 Å². The number of aromatic nitrogens is 5. The lowest BCUT2D eigenvalue weighted by molar-refractivity contribution is 0.115. The van der Waals surface area contributed by atoms with Crippen molar-refractivity contribution in [2.75, 3.05) is 5.73 Å². The highest BCUT2D eigenvalue weighted by Gasteiger charge is 2.23. The van der Waals surface area contributed by atoms with Gasteiger partial charge in [0.25, 0.3) is 5.56 Å². The lowest BCUT2D eigenvalue weighted by Crippen LogP contribution is -2.25. The minimum atomic E-state index is -0.237. The van der Waals surface area contributed by atoms with Gasteiger partial charge in [-0.05, 0) is 31.7 Å². The standard InChI is InChI=1S/C18H22N6O2/c1-3-5-13-14-15(24(2)23-13)17(25)22-16(21-14)12-8-10(19)9-20-18(12)26-11-6-4-7-11/h8-9,11H,3-7,19H2,1-2H3,(H,21,22,25). The highest BCUT2D eigenvalue weighted by molar-refractivity contribution is 5.79. The smallest absolute Gasteiger partial charge is 0.277 e. The minimum Gasteiger partial charge on any atom is -0.474 e. The van der Waals surface area contributed by atoms with Crippen molar-refractivity contribution in [2.24, 2.45) is 7.05 Å². The van der Waals surface area contributed by atoms with Crippen LogP contribution < -0.4 is 16.0 Å². The maximum absolute atomic E-state index is 12.6. The van der Waals surface area contributed by atoms with Crippen molar-refractivity contribution >= 4 is 16.7 Å². The van der Waals surface area contributed by atoms with Gasteiger partial charge in [0.2, 0.25) is 5.88 Å². The fourth-order valence-electron chi connectivity index (χ4n) is 3.16. The third-order valence-corrected chi connectivity index (χ3v) is 4.71. The number of nitrogens with one attached hydrogen (secondary N) is 1. The van der Waals surface area contributed by atoms with Crippen molar-refractivity contribution in [2.45, 2.75) is 45.1 Å². The van der Waals surface area contributed by atoms with Crippen LogP contribution in [0.5, 0.6) is 5.88 Å². The number of hydrogen-bond acceptors (Lipinski definition) is 6. The zero-order valence-corrected chi connectivity index (χ0v) is 15.0. The van der Waals surface area contributed by atoms with E-state index >= 15 is 0 Å². The van der Waals surface area contributed by atoms with Crippen LogP contribution in [0.4, 0.5) is 5.69 Å². The van der Waals surface area contributed by atoms with Crippen molar-refractivity contribution in [3.63, 3.8) is 0 Å². The summed E-state index contributed by atoms with van der Waals surface area (Å²) in [4.78, 5) is 24.5. The van der Waals surface area contributed by atoms with Gasteiger partial charge in [0.15, 0.2) is 5.52 Å². The highest BCUT2D eigenvalue weighted by Crippen LogP contribution is 2.32. The van der Waals surface area contributed by atoms with E-state index < -0.39 is 0 Å². The number of nitrogens with zero attached hydrogens (tertiary/aromatic N) is 4. The molecule has 3 N–H and O–H groups in total. The van der Waals surface area contributed by atoms with E-state index in [1.54, 1.807) is 24.0 Å². The molecule has 0 aromatic carbocycles. The summed E-state index contributed by atoms with van der Waals surface area (Å²) < 4.78 is 7.56. The number of anilines is 1. The third-order valence-electron chi connectivity index (χ3n) is 4.71. The fourth-order valence-corrected chi connectivity index (χ4v) is 3.16. The lowest BCUT2D eigenvalue weighted by atomic mass is 9.96. The Balaban J connectivity index is 1.87. The van der Waals surface area contributed by atoms with Gasteiger partial charge in [-0.25, -0.2) is 9.97 Å². The summed E-state index contributed by atoms with van der Waals surface area (Å²) in [6.07, 6.45) is 6.58. The molecule has 26 heavy (non-hydrogen) atoms. The summed E-state index contributed by atoms with van der Waals surface area (Å²) >= 11 is 0. The van der Waals surface area contributed by atoms with E-state index in [2.05, 4.69) is 27.0 Å². The van der Waals surface area contributed by atoms with Crippen molar-refractivity contribution in [1.29, 1.82) is 0 Å². The van der Waals surface area contributed by atoms with Gasteiger partial charge in [-0.1, -0.05) is 13.3 Å². The first-order valence-corrected chi connectivity index (χ1v) is 8.95. The van der Waals surface area contributed by atoms with E-state index in [0.29, 0.717) is 34.0 Å². The van der Waals surface area contributed by atoms with Gasteiger partial charge in [-0.3, -0.25) is 9.48 Å². The third kappa shape index (κ3) is 2.81. The van der Waals surface area contributed by atoms with Crippen LogP contribution in [0.15, 0.2) is 17.1 Å². The normalized spacial score (nSPS) is 14.5. The number of fused-ring (bicyclic) bond motifs is 1. The molecular formula is C18H22N6O2. The second kappa shape index (κ2) is 6.44. The van der Waals surface area contributed by atoms with Gasteiger partial charge in [-0.15, -0.1) is 0 Å². The van der Waals surface area contributed by atoms with Gasteiger partial charge in [0, 0.05) is 7.05 Å². The van der Waals surface area contributed by atoms with E-state index in [0.717, 1.165) is 37.8 Å². The molecule has 3 aromatic rings. The zero-order chi connectivity index (χ0) is 18.3. The average molecular weight is 354 g/mol. The molecule has 0 radical (unpaired) electrons. The molecule has 3 aromatic heterocycles. The van der Waals surface area contributed by atoms with Crippen molar-refractivity contribution in [1.82, 2.24) is 24.7 Å². The molecule has 4 rings (SSSR count). The summed E-state index contributed by atoms with van der Waals surface area (Å²) in [5, 5.41) is 4.45. The highest BCUT2D eigenvalue weighted by atomic mass is 16.5. The largest absolute Gasteiger partial charge is 0.474 e. The second-order valence-electron chi connectivity index (χ2n) is 6.72. The van der Waals surface area contributed by atoms with E-state index in [9.17, 15) is 4.79 Å². The van der Waals surface area contributed by atoms with Crippen LogP contribution in [0.1, 0.15) is 38.3 Å². The number of nitrogen functional groups attached to an aromatic ring is 1.